The first-order valence-electron chi connectivity index (χ1n) is 3.86. The fraction of sp³-hybridized carbons (Fsp3) is 0.556. The fourth-order valence-corrected chi connectivity index (χ4v) is 2.12. The monoisotopic (exact) mass is 280 g/mol. The summed E-state index contributed by atoms with van der Waals surface area (Å²) in [5.74, 6) is 0.458. The lowest BCUT2D eigenvalue weighted by molar-refractivity contribution is 0.125. The van der Waals surface area contributed by atoms with E-state index in [0.29, 0.717) is 12.2 Å². The van der Waals surface area contributed by atoms with Gasteiger partial charge in [0, 0.05) is 17.1 Å². The summed E-state index contributed by atoms with van der Waals surface area (Å²) >= 11 is 2.28. The maximum Gasteiger partial charge on any atom is 0.0984 e. The molecule has 3 heteroatoms. The highest BCUT2D eigenvalue weighted by Gasteiger charge is 2.22. The Hall–Kier alpha value is -0.0300. The van der Waals surface area contributed by atoms with Gasteiger partial charge in [0.1, 0.15) is 0 Å². The van der Waals surface area contributed by atoms with Crippen molar-refractivity contribution in [1.29, 1.82) is 0 Å². The average Bonchev–Trinajstić information content (AvgIpc) is 2.08. The number of rotatable bonds is 1. The zero-order valence-corrected chi connectivity index (χ0v) is 9.68. The van der Waals surface area contributed by atoms with Crippen LogP contribution >= 0.6 is 22.6 Å². The number of hydrogen-bond donors (Lipinski definition) is 1. The normalized spacial score (nSPS) is 25.2. The first kappa shape index (κ1) is 10.1. The molecule has 1 N–H and O–H groups in total. The van der Waals surface area contributed by atoms with Crippen LogP contribution in [0.2, 0.25) is 0 Å². The first-order valence-corrected chi connectivity index (χ1v) is 4.94. The Morgan fingerprint density at radius 3 is 2.50 bits per heavy atom. The Bertz CT molecular complexity index is 253. The van der Waals surface area contributed by atoms with Crippen molar-refractivity contribution in [2.24, 2.45) is 0 Å². The van der Waals surface area contributed by atoms with E-state index in [1.54, 1.807) is 7.11 Å². The molecule has 0 aromatic carbocycles. The summed E-state index contributed by atoms with van der Waals surface area (Å²) in [6.07, 6.45) is 0.659. The number of aliphatic hydroxyl groups excluding tert-OH is 1. The molecule has 0 heterocycles. The SMILES string of the molecule is COC1CC(O)=C(C)C(C)=C1I. The van der Waals surface area contributed by atoms with E-state index in [2.05, 4.69) is 22.6 Å². The van der Waals surface area contributed by atoms with Crippen LogP contribution in [0.15, 0.2) is 20.5 Å². The van der Waals surface area contributed by atoms with Crippen molar-refractivity contribution in [1.82, 2.24) is 0 Å². The fourth-order valence-electron chi connectivity index (χ4n) is 1.24. The van der Waals surface area contributed by atoms with Gasteiger partial charge in [-0.1, -0.05) is 0 Å². The van der Waals surface area contributed by atoms with E-state index in [9.17, 15) is 5.11 Å². The number of hydrogen-bond acceptors (Lipinski definition) is 2. The summed E-state index contributed by atoms with van der Waals surface area (Å²) in [7, 11) is 1.67. The smallest absolute Gasteiger partial charge is 0.0984 e. The average molecular weight is 280 g/mol. The predicted molar refractivity (Wildman–Crippen MR) is 57.5 cm³/mol. The molecule has 0 saturated heterocycles. The number of methoxy groups -OCH3 is 1. The number of halogens is 1. The van der Waals surface area contributed by atoms with Gasteiger partial charge in [0.15, 0.2) is 0 Å². The van der Waals surface area contributed by atoms with Gasteiger partial charge in [-0.2, -0.15) is 0 Å². The van der Waals surface area contributed by atoms with Crippen molar-refractivity contribution in [2.45, 2.75) is 26.4 Å². The molecule has 0 radical (unpaired) electrons. The lowest BCUT2D eigenvalue weighted by Crippen LogP contribution is -2.17. The Kier molecular flexibility index (Phi) is 3.17. The van der Waals surface area contributed by atoms with Crippen molar-refractivity contribution >= 4 is 22.6 Å². The lowest BCUT2D eigenvalue weighted by Gasteiger charge is -2.23. The molecule has 0 spiro atoms. The van der Waals surface area contributed by atoms with Gasteiger partial charge >= 0.3 is 0 Å². The van der Waals surface area contributed by atoms with E-state index in [1.165, 1.54) is 3.58 Å². The third-order valence-electron chi connectivity index (χ3n) is 2.30. The van der Waals surface area contributed by atoms with E-state index in [1.807, 2.05) is 13.8 Å². The largest absolute Gasteiger partial charge is 0.512 e. The molecule has 0 fully saturated rings. The van der Waals surface area contributed by atoms with E-state index < -0.39 is 0 Å². The molecule has 0 amide bonds. The number of allylic oxidation sites excluding steroid dienone is 2. The van der Waals surface area contributed by atoms with Crippen LogP contribution in [0, 0.1) is 0 Å². The molecule has 0 bridgehead atoms. The summed E-state index contributed by atoms with van der Waals surface area (Å²) in [4.78, 5) is 0. The molecule has 1 aliphatic carbocycles. The van der Waals surface area contributed by atoms with E-state index in [4.69, 9.17) is 4.74 Å². The second-order valence-corrected chi connectivity index (χ2v) is 4.14. The second-order valence-electron chi connectivity index (χ2n) is 2.97. The van der Waals surface area contributed by atoms with Gasteiger partial charge in [0.2, 0.25) is 0 Å². The summed E-state index contributed by atoms with van der Waals surface area (Å²) in [6.45, 7) is 3.95. The summed E-state index contributed by atoms with van der Waals surface area (Å²) in [5.41, 5.74) is 2.14. The molecule has 0 aromatic heterocycles. The maximum absolute atomic E-state index is 9.53. The topological polar surface area (TPSA) is 29.5 Å². The molecule has 0 aliphatic heterocycles. The van der Waals surface area contributed by atoms with Crippen molar-refractivity contribution in [2.75, 3.05) is 7.11 Å². The van der Waals surface area contributed by atoms with Gasteiger partial charge in [-0.15, -0.1) is 0 Å². The van der Waals surface area contributed by atoms with Crippen LogP contribution in [0.5, 0.6) is 0 Å². The standard InChI is InChI=1S/C9H13IO2/c1-5-6(2)9(10)8(12-3)4-7(5)11/h8,11H,4H2,1-3H3. The Morgan fingerprint density at radius 2 is 2.00 bits per heavy atom. The molecular weight excluding hydrogens is 267 g/mol. The molecule has 2 nitrogen and oxygen atoms in total. The number of ether oxygens (including phenoxy) is 1. The minimum Gasteiger partial charge on any atom is -0.512 e. The van der Waals surface area contributed by atoms with Crippen LogP contribution in [-0.2, 0) is 4.74 Å². The third-order valence-corrected chi connectivity index (χ3v) is 3.80. The Morgan fingerprint density at radius 1 is 1.42 bits per heavy atom. The van der Waals surface area contributed by atoms with Gasteiger partial charge in [-0.3, -0.25) is 0 Å². The molecule has 1 rings (SSSR count). The van der Waals surface area contributed by atoms with Crippen LogP contribution in [0.3, 0.4) is 0 Å². The lowest BCUT2D eigenvalue weighted by atomic mass is 9.97. The minimum atomic E-state index is 0.0503. The highest BCUT2D eigenvalue weighted by atomic mass is 127. The molecule has 1 unspecified atom stereocenters. The Labute approximate surface area is 86.4 Å². The Balaban J connectivity index is 3.02. The maximum atomic E-state index is 9.53. The van der Waals surface area contributed by atoms with Crippen LogP contribution in [0.25, 0.3) is 0 Å². The number of aliphatic hydroxyl groups is 1. The quantitative estimate of drug-likeness (QED) is 0.748. The van der Waals surface area contributed by atoms with Crippen LogP contribution in [-0.4, -0.2) is 18.3 Å². The minimum absolute atomic E-state index is 0.0503. The van der Waals surface area contributed by atoms with E-state index >= 15 is 0 Å². The summed E-state index contributed by atoms with van der Waals surface area (Å²) < 4.78 is 6.43. The second kappa shape index (κ2) is 3.79. The molecule has 1 atom stereocenters. The van der Waals surface area contributed by atoms with Gasteiger partial charge in [0.05, 0.1) is 11.9 Å². The zero-order valence-electron chi connectivity index (χ0n) is 7.52. The van der Waals surface area contributed by atoms with Gasteiger partial charge in [-0.25, -0.2) is 0 Å². The van der Waals surface area contributed by atoms with Gasteiger partial charge < -0.3 is 9.84 Å². The molecule has 68 valence electrons. The van der Waals surface area contributed by atoms with Gasteiger partial charge in [-0.05, 0) is 47.6 Å². The molecule has 0 saturated carbocycles. The van der Waals surface area contributed by atoms with Crippen molar-refractivity contribution in [3.05, 3.63) is 20.5 Å². The van der Waals surface area contributed by atoms with Crippen molar-refractivity contribution in [3.8, 4) is 0 Å². The van der Waals surface area contributed by atoms with Crippen LogP contribution < -0.4 is 0 Å². The molecule has 0 aromatic rings. The zero-order chi connectivity index (χ0) is 9.30. The molecule has 12 heavy (non-hydrogen) atoms. The highest BCUT2D eigenvalue weighted by Crippen LogP contribution is 2.33. The van der Waals surface area contributed by atoms with E-state index in [0.717, 1.165) is 11.1 Å². The summed E-state index contributed by atoms with van der Waals surface area (Å²) in [5, 5.41) is 9.53. The highest BCUT2D eigenvalue weighted by molar-refractivity contribution is 14.1. The van der Waals surface area contributed by atoms with Crippen molar-refractivity contribution in [3.63, 3.8) is 0 Å². The van der Waals surface area contributed by atoms with Crippen molar-refractivity contribution < 1.29 is 9.84 Å². The van der Waals surface area contributed by atoms with Crippen LogP contribution in [0.4, 0.5) is 0 Å². The predicted octanol–water partition coefficient (Wildman–Crippen LogP) is 2.95. The van der Waals surface area contributed by atoms with Gasteiger partial charge in [0.25, 0.3) is 0 Å². The first-order chi connectivity index (χ1) is 5.57. The summed E-state index contributed by atoms with van der Waals surface area (Å²) in [6, 6.07) is 0. The third kappa shape index (κ3) is 1.66. The van der Waals surface area contributed by atoms with Crippen LogP contribution in [0.1, 0.15) is 20.3 Å². The molecular formula is C9H13IO2. The van der Waals surface area contributed by atoms with E-state index in [-0.39, 0.29) is 6.10 Å². The molecule has 1 aliphatic rings.